The molecular formula is C13H9Cl2N3S. The normalized spacial score (nSPS) is 11.1. The lowest BCUT2D eigenvalue weighted by atomic mass is 10.2. The molecule has 1 N–H and O–H groups in total. The Hall–Kier alpha value is -1.23. The van der Waals surface area contributed by atoms with E-state index in [9.17, 15) is 0 Å². The van der Waals surface area contributed by atoms with Crippen LogP contribution in [0.2, 0.25) is 10.0 Å². The van der Waals surface area contributed by atoms with Crippen LogP contribution in [0.25, 0.3) is 11.2 Å². The highest BCUT2D eigenvalue weighted by Crippen LogP contribution is 2.27. The zero-order chi connectivity index (χ0) is 13.2. The Kier molecular flexibility index (Phi) is 3.64. The summed E-state index contributed by atoms with van der Waals surface area (Å²) in [7, 11) is 0. The molecule has 0 saturated carbocycles. The molecule has 0 bridgehead atoms. The molecule has 0 unspecified atom stereocenters. The molecule has 0 radical (unpaired) electrons. The number of hydrogen-bond donors (Lipinski definition) is 1. The van der Waals surface area contributed by atoms with Gasteiger partial charge >= 0.3 is 0 Å². The number of nitrogens with zero attached hydrogens (tertiary/aromatic N) is 2. The number of halogens is 2. The van der Waals surface area contributed by atoms with E-state index in [1.165, 1.54) is 0 Å². The zero-order valence-electron chi connectivity index (χ0n) is 9.73. The van der Waals surface area contributed by atoms with Crippen molar-refractivity contribution in [2.24, 2.45) is 0 Å². The van der Waals surface area contributed by atoms with E-state index in [0.717, 1.165) is 27.6 Å². The number of aromatic amines is 1. The van der Waals surface area contributed by atoms with Gasteiger partial charge in [0.25, 0.3) is 0 Å². The standard InChI is InChI=1S/C13H9Cl2N3S/c14-9-4-3-8(6-10(9)15)7-19-13-17-11-2-1-5-16-12(11)18-13/h1-6H,7H2,(H,16,17,18). The van der Waals surface area contributed by atoms with Crippen molar-refractivity contribution in [1.82, 2.24) is 15.0 Å². The number of nitrogens with one attached hydrogen (secondary N) is 1. The van der Waals surface area contributed by atoms with Crippen LogP contribution in [0.1, 0.15) is 5.56 Å². The monoisotopic (exact) mass is 309 g/mol. The third-order valence-electron chi connectivity index (χ3n) is 2.60. The number of rotatable bonds is 3. The smallest absolute Gasteiger partial charge is 0.178 e. The van der Waals surface area contributed by atoms with Crippen molar-refractivity contribution in [3.05, 3.63) is 52.1 Å². The molecule has 2 heterocycles. The van der Waals surface area contributed by atoms with Gasteiger partial charge in [0.1, 0.15) is 0 Å². The fraction of sp³-hybridized carbons (Fsp3) is 0.0769. The molecule has 0 amide bonds. The van der Waals surface area contributed by atoms with E-state index in [4.69, 9.17) is 23.2 Å². The highest BCUT2D eigenvalue weighted by atomic mass is 35.5. The van der Waals surface area contributed by atoms with Gasteiger partial charge < -0.3 is 4.98 Å². The van der Waals surface area contributed by atoms with Crippen molar-refractivity contribution in [2.75, 3.05) is 0 Å². The van der Waals surface area contributed by atoms with Crippen molar-refractivity contribution in [2.45, 2.75) is 10.9 Å². The van der Waals surface area contributed by atoms with Crippen molar-refractivity contribution in [3.63, 3.8) is 0 Å². The van der Waals surface area contributed by atoms with Crippen LogP contribution in [0.4, 0.5) is 0 Å². The lowest BCUT2D eigenvalue weighted by Gasteiger charge is -2.01. The molecule has 0 atom stereocenters. The number of aromatic nitrogens is 3. The van der Waals surface area contributed by atoms with E-state index < -0.39 is 0 Å². The fourth-order valence-corrected chi connectivity index (χ4v) is 2.81. The molecule has 6 heteroatoms. The van der Waals surface area contributed by atoms with Gasteiger partial charge in [-0.25, -0.2) is 9.97 Å². The number of imidazole rings is 1. The van der Waals surface area contributed by atoms with Crippen molar-refractivity contribution in [1.29, 1.82) is 0 Å². The first kappa shape index (κ1) is 12.8. The van der Waals surface area contributed by atoms with E-state index >= 15 is 0 Å². The molecule has 0 spiro atoms. The molecule has 3 rings (SSSR count). The van der Waals surface area contributed by atoms with Gasteiger partial charge in [-0.2, -0.15) is 0 Å². The van der Waals surface area contributed by atoms with Crippen LogP contribution < -0.4 is 0 Å². The van der Waals surface area contributed by atoms with Gasteiger partial charge in [0, 0.05) is 11.9 Å². The lowest BCUT2D eigenvalue weighted by molar-refractivity contribution is 1.07. The summed E-state index contributed by atoms with van der Waals surface area (Å²) in [5, 5.41) is 1.99. The summed E-state index contributed by atoms with van der Waals surface area (Å²) in [6.45, 7) is 0. The predicted molar refractivity (Wildman–Crippen MR) is 79.9 cm³/mol. The molecule has 0 aliphatic heterocycles. The van der Waals surface area contributed by atoms with Gasteiger partial charge in [0.05, 0.1) is 15.6 Å². The number of benzene rings is 1. The summed E-state index contributed by atoms with van der Waals surface area (Å²) in [4.78, 5) is 11.8. The Morgan fingerprint density at radius 1 is 1.16 bits per heavy atom. The third kappa shape index (κ3) is 2.86. The summed E-state index contributed by atoms with van der Waals surface area (Å²) in [5.74, 6) is 0.775. The van der Waals surface area contributed by atoms with E-state index in [-0.39, 0.29) is 0 Å². The van der Waals surface area contributed by atoms with Crippen molar-refractivity contribution >= 4 is 46.1 Å². The average molecular weight is 310 g/mol. The van der Waals surface area contributed by atoms with Crippen LogP contribution in [-0.2, 0) is 5.75 Å². The van der Waals surface area contributed by atoms with E-state index in [1.807, 2.05) is 24.3 Å². The molecule has 96 valence electrons. The van der Waals surface area contributed by atoms with Gasteiger partial charge in [-0.05, 0) is 29.8 Å². The minimum atomic E-state index is 0.573. The number of thioether (sulfide) groups is 1. The van der Waals surface area contributed by atoms with Crippen molar-refractivity contribution < 1.29 is 0 Å². The van der Waals surface area contributed by atoms with Crippen LogP contribution in [-0.4, -0.2) is 15.0 Å². The number of fused-ring (bicyclic) bond motifs is 1. The summed E-state index contributed by atoms with van der Waals surface area (Å²) < 4.78 is 0. The Balaban J connectivity index is 1.76. The second kappa shape index (κ2) is 5.41. The summed E-state index contributed by atoms with van der Waals surface area (Å²) in [6, 6.07) is 9.48. The molecule has 0 fully saturated rings. The minimum absolute atomic E-state index is 0.573. The Bertz CT molecular complexity index is 694. The molecule has 1 aromatic carbocycles. The Morgan fingerprint density at radius 2 is 2.05 bits per heavy atom. The van der Waals surface area contributed by atoms with Gasteiger partial charge in [0.2, 0.25) is 0 Å². The molecule has 3 nitrogen and oxygen atoms in total. The average Bonchev–Trinajstić information content (AvgIpc) is 2.83. The first-order valence-electron chi connectivity index (χ1n) is 5.60. The number of pyridine rings is 1. The van der Waals surface area contributed by atoms with Gasteiger partial charge in [0.15, 0.2) is 10.8 Å². The molecule has 0 aliphatic rings. The number of H-pyrrole nitrogens is 1. The first-order chi connectivity index (χ1) is 9.22. The maximum Gasteiger partial charge on any atom is 0.178 e. The van der Waals surface area contributed by atoms with E-state index in [1.54, 1.807) is 24.0 Å². The van der Waals surface area contributed by atoms with Crippen LogP contribution in [0.3, 0.4) is 0 Å². The van der Waals surface area contributed by atoms with Crippen LogP contribution in [0.15, 0.2) is 41.7 Å². The maximum absolute atomic E-state index is 5.99. The molecule has 0 aliphatic carbocycles. The minimum Gasteiger partial charge on any atom is -0.332 e. The van der Waals surface area contributed by atoms with Crippen LogP contribution >= 0.6 is 35.0 Å². The second-order valence-electron chi connectivity index (χ2n) is 3.95. The molecule has 19 heavy (non-hydrogen) atoms. The van der Waals surface area contributed by atoms with E-state index in [0.29, 0.717) is 10.0 Å². The maximum atomic E-state index is 5.99. The SMILES string of the molecule is Clc1ccc(CSc2nc3ncccc3[nH]2)cc1Cl. The van der Waals surface area contributed by atoms with Crippen LogP contribution in [0, 0.1) is 0 Å². The molecule has 2 aromatic heterocycles. The summed E-state index contributed by atoms with van der Waals surface area (Å²) in [5.41, 5.74) is 2.78. The number of hydrogen-bond acceptors (Lipinski definition) is 3. The van der Waals surface area contributed by atoms with Gasteiger partial charge in [-0.3, -0.25) is 0 Å². The summed E-state index contributed by atoms with van der Waals surface area (Å²) in [6.07, 6.45) is 1.73. The largest absolute Gasteiger partial charge is 0.332 e. The van der Waals surface area contributed by atoms with Gasteiger partial charge in [-0.15, -0.1) is 0 Å². The lowest BCUT2D eigenvalue weighted by Crippen LogP contribution is -1.82. The quantitative estimate of drug-likeness (QED) is 0.721. The third-order valence-corrected chi connectivity index (χ3v) is 4.28. The zero-order valence-corrected chi connectivity index (χ0v) is 12.1. The molecular weight excluding hydrogens is 301 g/mol. The summed E-state index contributed by atoms with van der Waals surface area (Å²) >= 11 is 13.5. The Labute approximate surface area is 124 Å². The van der Waals surface area contributed by atoms with E-state index in [2.05, 4.69) is 15.0 Å². The van der Waals surface area contributed by atoms with Crippen molar-refractivity contribution in [3.8, 4) is 0 Å². The molecule has 3 aromatic rings. The highest BCUT2D eigenvalue weighted by Gasteiger charge is 2.05. The molecule has 0 saturated heterocycles. The first-order valence-corrected chi connectivity index (χ1v) is 7.34. The fourth-order valence-electron chi connectivity index (χ4n) is 1.67. The Morgan fingerprint density at radius 3 is 2.84 bits per heavy atom. The van der Waals surface area contributed by atoms with Crippen LogP contribution in [0.5, 0.6) is 0 Å². The second-order valence-corrected chi connectivity index (χ2v) is 5.73. The topological polar surface area (TPSA) is 41.6 Å². The van der Waals surface area contributed by atoms with Gasteiger partial charge in [-0.1, -0.05) is 41.0 Å². The predicted octanol–water partition coefficient (Wildman–Crippen LogP) is 4.56. The highest BCUT2D eigenvalue weighted by molar-refractivity contribution is 7.98.